The van der Waals surface area contributed by atoms with Gasteiger partial charge in [0.05, 0.1) is 10.4 Å². The Hall–Kier alpha value is -1.53. The summed E-state index contributed by atoms with van der Waals surface area (Å²) in [6.07, 6.45) is -3.75. The maximum Gasteiger partial charge on any atom is 0.391 e. The summed E-state index contributed by atoms with van der Waals surface area (Å²) in [5, 5.41) is 0. The van der Waals surface area contributed by atoms with Crippen LogP contribution in [-0.2, 0) is 13.2 Å². The first-order valence-electron chi connectivity index (χ1n) is 8.66. The Bertz CT molecular complexity index is 713. The normalized spacial score (nSPS) is 16.6. The molecule has 0 N–H and O–H groups in total. The number of nitrogens with zero attached hydrogens (tertiary/aromatic N) is 1. The summed E-state index contributed by atoms with van der Waals surface area (Å²) in [6, 6.07) is 15.7. The van der Waals surface area contributed by atoms with Crippen LogP contribution < -0.4 is 4.74 Å². The van der Waals surface area contributed by atoms with E-state index in [9.17, 15) is 13.2 Å². The van der Waals surface area contributed by atoms with Gasteiger partial charge < -0.3 is 4.74 Å². The first kappa shape index (κ1) is 19.2. The minimum absolute atomic E-state index is 0.164. The lowest BCUT2D eigenvalue weighted by Gasteiger charge is -2.33. The summed E-state index contributed by atoms with van der Waals surface area (Å²) >= 11 is 3.53. The molecule has 0 atom stereocenters. The number of rotatable bonds is 5. The van der Waals surface area contributed by atoms with Crippen molar-refractivity contribution in [1.82, 2.24) is 4.90 Å². The quantitative estimate of drug-likeness (QED) is 0.597. The van der Waals surface area contributed by atoms with Crippen LogP contribution in [0.25, 0.3) is 0 Å². The van der Waals surface area contributed by atoms with Crippen LogP contribution in [0.1, 0.15) is 24.0 Å². The van der Waals surface area contributed by atoms with E-state index < -0.39 is 12.1 Å². The molecule has 2 aromatic carbocycles. The van der Waals surface area contributed by atoms with Crippen molar-refractivity contribution in [2.45, 2.75) is 32.2 Å². The lowest BCUT2D eigenvalue weighted by atomic mass is 9.96. The van der Waals surface area contributed by atoms with Gasteiger partial charge in [-0.25, -0.2) is 0 Å². The van der Waals surface area contributed by atoms with Gasteiger partial charge in [-0.2, -0.15) is 13.2 Å². The molecule has 1 saturated heterocycles. The van der Waals surface area contributed by atoms with Crippen LogP contribution in [0.5, 0.6) is 5.75 Å². The fourth-order valence-electron chi connectivity index (χ4n) is 3.23. The van der Waals surface area contributed by atoms with Crippen molar-refractivity contribution < 1.29 is 17.9 Å². The molecule has 0 aliphatic carbocycles. The van der Waals surface area contributed by atoms with Gasteiger partial charge >= 0.3 is 6.18 Å². The van der Waals surface area contributed by atoms with Crippen molar-refractivity contribution in [2.24, 2.45) is 5.92 Å². The van der Waals surface area contributed by atoms with Crippen molar-refractivity contribution in [1.29, 1.82) is 0 Å². The first-order valence-corrected chi connectivity index (χ1v) is 9.46. The molecule has 0 radical (unpaired) electrons. The third kappa shape index (κ3) is 5.01. The Balaban J connectivity index is 1.64. The SMILES string of the molecule is FC(F)(F)C1CCN(Cc2cccc(Br)c2OCc2ccccc2)CC1. The van der Waals surface area contributed by atoms with Crippen LogP contribution >= 0.6 is 15.9 Å². The number of piperidine rings is 1. The van der Waals surface area contributed by atoms with E-state index in [2.05, 4.69) is 20.8 Å². The third-order valence-corrected chi connectivity index (χ3v) is 5.34. The van der Waals surface area contributed by atoms with Gasteiger partial charge in [0, 0.05) is 12.1 Å². The zero-order valence-corrected chi connectivity index (χ0v) is 15.9. The van der Waals surface area contributed by atoms with E-state index in [1.807, 2.05) is 48.5 Å². The standard InChI is InChI=1S/C20H21BrF3NO/c21-18-8-4-7-16(19(18)26-14-15-5-2-1-3-6-15)13-25-11-9-17(10-12-25)20(22,23)24/h1-8,17H,9-14H2. The zero-order chi connectivity index (χ0) is 18.6. The Morgan fingerprint density at radius 2 is 1.69 bits per heavy atom. The van der Waals surface area contributed by atoms with Gasteiger partial charge in [-0.1, -0.05) is 42.5 Å². The lowest BCUT2D eigenvalue weighted by molar-refractivity contribution is -0.185. The molecule has 0 bridgehead atoms. The van der Waals surface area contributed by atoms with Crippen LogP contribution in [0, 0.1) is 5.92 Å². The third-order valence-electron chi connectivity index (χ3n) is 4.72. The van der Waals surface area contributed by atoms with E-state index in [0.29, 0.717) is 26.2 Å². The minimum Gasteiger partial charge on any atom is -0.487 e. The Labute approximate surface area is 160 Å². The van der Waals surface area contributed by atoms with Crippen LogP contribution in [-0.4, -0.2) is 24.2 Å². The van der Waals surface area contributed by atoms with Crippen LogP contribution in [0.4, 0.5) is 13.2 Å². The number of hydrogen-bond donors (Lipinski definition) is 0. The number of alkyl halides is 3. The fourth-order valence-corrected chi connectivity index (χ4v) is 3.75. The molecular formula is C20H21BrF3NO. The highest BCUT2D eigenvalue weighted by atomic mass is 79.9. The summed E-state index contributed by atoms with van der Waals surface area (Å²) in [5.74, 6) is -0.413. The van der Waals surface area contributed by atoms with E-state index in [4.69, 9.17) is 4.74 Å². The van der Waals surface area contributed by atoms with Gasteiger partial charge in [0.15, 0.2) is 0 Å². The summed E-state index contributed by atoms with van der Waals surface area (Å²) in [4.78, 5) is 2.07. The molecule has 0 aromatic heterocycles. The molecule has 1 fully saturated rings. The molecule has 1 heterocycles. The van der Waals surface area contributed by atoms with E-state index in [1.54, 1.807) is 0 Å². The van der Waals surface area contributed by atoms with Crippen LogP contribution in [0.2, 0.25) is 0 Å². The van der Waals surface area contributed by atoms with E-state index in [0.717, 1.165) is 21.3 Å². The molecule has 140 valence electrons. The molecule has 1 aliphatic heterocycles. The van der Waals surface area contributed by atoms with E-state index >= 15 is 0 Å². The summed E-state index contributed by atoms with van der Waals surface area (Å²) in [6.45, 7) is 1.95. The highest BCUT2D eigenvalue weighted by Crippen LogP contribution is 2.36. The largest absolute Gasteiger partial charge is 0.487 e. The molecule has 3 rings (SSSR count). The van der Waals surface area contributed by atoms with Gasteiger partial charge in [0.1, 0.15) is 12.4 Å². The highest BCUT2D eigenvalue weighted by molar-refractivity contribution is 9.10. The van der Waals surface area contributed by atoms with Gasteiger partial charge in [-0.05, 0) is 53.5 Å². The second kappa shape index (κ2) is 8.44. The number of ether oxygens (including phenoxy) is 1. The first-order chi connectivity index (χ1) is 12.4. The molecule has 26 heavy (non-hydrogen) atoms. The van der Waals surface area contributed by atoms with Crippen molar-refractivity contribution in [3.8, 4) is 5.75 Å². The Morgan fingerprint density at radius 1 is 1.00 bits per heavy atom. The van der Waals surface area contributed by atoms with E-state index in [-0.39, 0.29) is 12.8 Å². The molecule has 0 amide bonds. The van der Waals surface area contributed by atoms with Crippen molar-refractivity contribution >= 4 is 15.9 Å². The van der Waals surface area contributed by atoms with Gasteiger partial charge in [0.25, 0.3) is 0 Å². The maximum atomic E-state index is 12.8. The lowest BCUT2D eigenvalue weighted by Crippen LogP contribution is -2.38. The number of likely N-dealkylation sites (tertiary alicyclic amines) is 1. The number of para-hydroxylation sites is 1. The molecular weight excluding hydrogens is 407 g/mol. The summed E-state index contributed by atoms with van der Waals surface area (Å²) in [7, 11) is 0. The average Bonchev–Trinajstić information content (AvgIpc) is 2.62. The van der Waals surface area contributed by atoms with Crippen LogP contribution in [0.3, 0.4) is 0 Å². The Morgan fingerprint density at radius 3 is 2.35 bits per heavy atom. The second-order valence-corrected chi connectivity index (χ2v) is 7.45. The van der Waals surface area contributed by atoms with Crippen molar-refractivity contribution in [3.05, 3.63) is 64.1 Å². The van der Waals surface area contributed by atoms with E-state index in [1.165, 1.54) is 0 Å². The highest BCUT2D eigenvalue weighted by Gasteiger charge is 2.41. The van der Waals surface area contributed by atoms with Gasteiger partial charge in [-0.3, -0.25) is 4.90 Å². The van der Waals surface area contributed by atoms with Crippen molar-refractivity contribution in [3.63, 3.8) is 0 Å². The second-order valence-electron chi connectivity index (χ2n) is 6.59. The zero-order valence-electron chi connectivity index (χ0n) is 14.3. The van der Waals surface area contributed by atoms with Crippen molar-refractivity contribution in [2.75, 3.05) is 13.1 Å². The summed E-state index contributed by atoms with van der Waals surface area (Å²) in [5.41, 5.74) is 2.06. The number of halogens is 4. The van der Waals surface area contributed by atoms with Gasteiger partial charge in [0.2, 0.25) is 0 Å². The smallest absolute Gasteiger partial charge is 0.391 e. The maximum absolute atomic E-state index is 12.8. The molecule has 0 saturated carbocycles. The Kier molecular flexibility index (Phi) is 6.24. The minimum atomic E-state index is -4.08. The predicted molar refractivity (Wildman–Crippen MR) is 99.0 cm³/mol. The molecule has 1 aliphatic rings. The molecule has 6 heteroatoms. The molecule has 2 aromatic rings. The summed E-state index contributed by atoms with van der Waals surface area (Å²) < 4.78 is 45.4. The molecule has 0 spiro atoms. The number of hydrogen-bond acceptors (Lipinski definition) is 2. The van der Waals surface area contributed by atoms with Gasteiger partial charge in [-0.15, -0.1) is 0 Å². The monoisotopic (exact) mass is 427 g/mol. The number of benzene rings is 2. The molecule has 0 unspecified atom stereocenters. The average molecular weight is 428 g/mol. The molecule has 2 nitrogen and oxygen atoms in total. The topological polar surface area (TPSA) is 12.5 Å². The van der Waals surface area contributed by atoms with Crippen LogP contribution in [0.15, 0.2) is 53.0 Å². The fraction of sp³-hybridized carbons (Fsp3) is 0.400. The predicted octanol–water partition coefficient (Wildman–Crippen LogP) is 5.80.